The molecule has 1 aromatic heterocycles. The minimum Gasteiger partial charge on any atom is -0.331 e. The van der Waals surface area contributed by atoms with Gasteiger partial charge in [-0.1, -0.05) is 44.2 Å². The zero-order valence-corrected chi connectivity index (χ0v) is 17.2. The van der Waals surface area contributed by atoms with Crippen LogP contribution >= 0.6 is 11.3 Å². The zero-order chi connectivity index (χ0) is 19.4. The van der Waals surface area contributed by atoms with Crippen LogP contribution in [0.15, 0.2) is 41.8 Å². The third-order valence-electron chi connectivity index (χ3n) is 5.45. The van der Waals surface area contributed by atoms with Crippen molar-refractivity contribution in [3.8, 4) is 0 Å². The van der Waals surface area contributed by atoms with E-state index < -0.39 is 0 Å². The third kappa shape index (κ3) is 4.08. The first-order valence-corrected chi connectivity index (χ1v) is 10.6. The fraction of sp³-hybridized carbons (Fsp3) is 0.455. The summed E-state index contributed by atoms with van der Waals surface area (Å²) in [5, 5.41) is 2.11. The molecule has 0 bridgehead atoms. The molecule has 0 N–H and O–H groups in total. The lowest BCUT2D eigenvalue weighted by molar-refractivity contribution is -0.143. The number of amides is 2. The van der Waals surface area contributed by atoms with Gasteiger partial charge >= 0.3 is 0 Å². The first-order chi connectivity index (χ1) is 13.1. The van der Waals surface area contributed by atoms with E-state index in [0.717, 1.165) is 18.4 Å². The molecule has 4 nitrogen and oxygen atoms in total. The average Bonchev–Trinajstić information content (AvgIpc) is 3.19. The summed E-state index contributed by atoms with van der Waals surface area (Å²) in [7, 11) is 0. The standard InChI is InChI=1S/C22H28N2O2S/c1-4-16(3)24(20(25)5-2)15-21(26)23-13-11-19-18(12-14-27-19)22(23)17-9-7-6-8-10-17/h6-10,12,14,16,22H,4-5,11,13,15H2,1-3H3/t16-,22+/m0/s1. The second-order valence-electron chi connectivity index (χ2n) is 7.08. The van der Waals surface area contributed by atoms with E-state index in [4.69, 9.17) is 0 Å². The Morgan fingerprint density at radius 3 is 2.63 bits per heavy atom. The van der Waals surface area contributed by atoms with E-state index in [9.17, 15) is 9.59 Å². The molecule has 2 aromatic rings. The Morgan fingerprint density at radius 2 is 1.96 bits per heavy atom. The third-order valence-corrected chi connectivity index (χ3v) is 6.45. The molecule has 0 aliphatic carbocycles. The van der Waals surface area contributed by atoms with E-state index >= 15 is 0 Å². The summed E-state index contributed by atoms with van der Waals surface area (Å²) in [5.41, 5.74) is 2.35. The number of thiophene rings is 1. The summed E-state index contributed by atoms with van der Waals surface area (Å²) in [6.07, 6.45) is 2.15. The molecule has 3 rings (SSSR count). The summed E-state index contributed by atoms with van der Waals surface area (Å²) in [6.45, 7) is 6.78. The highest BCUT2D eigenvalue weighted by atomic mass is 32.1. The highest BCUT2D eigenvalue weighted by Crippen LogP contribution is 2.37. The van der Waals surface area contributed by atoms with Gasteiger partial charge in [0.15, 0.2) is 0 Å². The number of nitrogens with zero attached hydrogens (tertiary/aromatic N) is 2. The van der Waals surface area contributed by atoms with Gasteiger partial charge in [-0.05, 0) is 42.3 Å². The number of rotatable bonds is 6. The van der Waals surface area contributed by atoms with Crippen LogP contribution < -0.4 is 0 Å². The maximum absolute atomic E-state index is 13.3. The summed E-state index contributed by atoms with van der Waals surface area (Å²) in [6, 6.07) is 12.3. The van der Waals surface area contributed by atoms with Crippen LogP contribution in [0.3, 0.4) is 0 Å². The molecule has 27 heavy (non-hydrogen) atoms. The van der Waals surface area contributed by atoms with Gasteiger partial charge in [-0.25, -0.2) is 0 Å². The van der Waals surface area contributed by atoms with Gasteiger partial charge in [0.05, 0.1) is 6.04 Å². The second-order valence-corrected chi connectivity index (χ2v) is 8.08. The van der Waals surface area contributed by atoms with Crippen LogP contribution in [0.4, 0.5) is 0 Å². The molecular formula is C22H28N2O2S. The number of hydrogen-bond acceptors (Lipinski definition) is 3. The fourth-order valence-corrected chi connectivity index (χ4v) is 4.63. The Balaban J connectivity index is 1.89. The van der Waals surface area contributed by atoms with Crippen LogP contribution in [0.25, 0.3) is 0 Å². The Labute approximate surface area is 165 Å². The van der Waals surface area contributed by atoms with Crippen LogP contribution in [-0.4, -0.2) is 40.7 Å². The van der Waals surface area contributed by atoms with E-state index in [2.05, 4.69) is 30.5 Å². The molecular weight excluding hydrogens is 356 g/mol. The monoisotopic (exact) mass is 384 g/mol. The maximum atomic E-state index is 13.3. The predicted octanol–water partition coefficient (Wildman–Crippen LogP) is 4.26. The van der Waals surface area contributed by atoms with Crippen molar-refractivity contribution in [2.75, 3.05) is 13.1 Å². The molecule has 0 spiro atoms. The van der Waals surface area contributed by atoms with Crippen LogP contribution in [0.2, 0.25) is 0 Å². The van der Waals surface area contributed by atoms with Crippen LogP contribution in [0, 0.1) is 0 Å². The van der Waals surface area contributed by atoms with Gasteiger partial charge in [-0.2, -0.15) is 0 Å². The van der Waals surface area contributed by atoms with E-state index in [1.165, 1.54) is 10.4 Å². The molecule has 0 radical (unpaired) electrons. The maximum Gasteiger partial charge on any atom is 0.243 e. The van der Waals surface area contributed by atoms with Gasteiger partial charge in [0, 0.05) is 23.9 Å². The van der Waals surface area contributed by atoms with Crippen molar-refractivity contribution in [3.63, 3.8) is 0 Å². The molecule has 1 aliphatic heterocycles. The topological polar surface area (TPSA) is 40.6 Å². The van der Waals surface area contributed by atoms with Gasteiger partial charge in [-0.15, -0.1) is 11.3 Å². The first kappa shape index (κ1) is 19.6. The van der Waals surface area contributed by atoms with Crippen molar-refractivity contribution in [2.24, 2.45) is 0 Å². The molecule has 0 saturated heterocycles. The van der Waals surface area contributed by atoms with Crippen molar-refractivity contribution >= 4 is 23.2 Å². The van der Waals surface area contributed by atoms with Gasteiger partial charge < -0.3 is 9.80 Å². The van der Waals surface area contributed by atoms with Gasteiger partial charge in [-0.3, -0.25) is 9.59 Å². The summed E-state index contributed by atoms with van der Waals surface area (Å²) >= 11 is 1.77. The molecule has 1 aromatic carbocycles. The summed E-state index contributed by atoms with van der Waals surface area (Å²) in [4.78, 5) is 30.8. The number of benzene rings is 1. The van der Waals surface area contributed by atoms with Crippen molar-refractivity contribution in [2.45, 2.75) is 52.1 Å². The molecule has 1 aliphatic rings. The highest BCUT2D eigenvalue weighted by Gasteiger charge is 2.34. The van der Waals surface area contributed by atoms with E-state index in [0.29, 0.717) is 13.0 Å². The minimum absolute atomic E-state index is 0.0304. The first-order valence-electron chi connectivity index (χ1n) is 9.76. The van der Waals surface area contributed by atoms with Crippen LogP contribution in [0.1, 0.15) is 55.7 Å². The molecule has 0 unspecified atom stereocenters. The number of hydrogen-bond donors (Lipinski definition) is 0. The number of fused-ring (bicyclic) bond motifs is 1. The molecule has 2 amide bonds. The average molecular weight is 385 g/mol. The molecule has 2 heterocycles. The van der Waals surface area contributed by atoms with E-state index in [1.54, 1.807) is 16.2 Å². The normalized spacial score (nSPS) is 17.3. The van der Waals surface area contributed by atoms with Crippen LogP contribution in [-0.2, 0) is 16.0 Å². The van der Waals surface area contributed by atoms with Crippen molar-refractivity contribution in [1.82, 2.24) is 9.80 Å². The summed E-state index contributed by atoms with van der Waals surface area (Å²) in [5.74, 6) is 0.0741. The van der Waals surface area contributed by atoms with E-state index in [1.807, 2.05) is 36.9 Å². The van der Waals surface area contributed by atoms with Crippen molar-refractivity contribution in [1.29, 1.82) is 0 Å². The predicted molar refractivity (Wildman–Crippen MR) is 110 cm³/mol. The molecule has 2 atom stereocenters. The Hall–Kier alpha value is -2.14. The lowest BCUT2D eigenvalue weighted by Crippen LogP contribution is -2.49. The lowest BCUT2D eigenvalue weighted by atomic mass is 9.93. The minimum atomic E-state index is -0.0655. The lowest BCUT2D eigenvalue weighted by Gasteiger charge is -2.38. The molecule has 5 heteroatoms. The summed E-state index contributed by atoms with van der Waals surface area (Å²) < 4.78 is 0. The Morgan fingerprint density at radius 1 is 1.22 bits per heavy atom. The van der Waals surface area contributed by atoms with E-state index in [-0.39, 0.29) is 30.4 Å². The molecule has 0 saturated carbocycles. The zero-order valence-electron chi connectivity index (χ0n) is 16.4. The molecule has 144 valence electrons. The van der Waals surface area contributed by atoms with Crippen molar-refractivity contribution < 1.29 is 9.59 Å². The number of carbonyl (C=O) groups is 2. The smallest absolute Gasteiger partial charge is 0.243 e. The van der Waals surface area contributed by atoms with Crippen molar-refractivity contribution in [3.05, 3.63) is 57.8 Å². The van der Waals surface area contributed by atoms with Gasteiger partial charge in [0.2, 0.25) is 11.8 Å². The fourth-order valence-electron chi connectivity index (χ4n) is 3.73. The van der Waals surface area contributed by atoms with Gasteiger partial charge in [0.25, 0.3) is 0 Å². The van der Waals surface area contributed by atoms with Crippen LogP contribution in [0.5, 0.6) is 0 Å². The second kappa shape index (κ2) is 8.70. The number of carbonyl (C=O) groups excluding carboxylic acids is 2. The SMILES string of the molecule is CCC(=O)N(CC(=O)N1CCc2sccc2[C@H]1c1ccccc1)[C@@H](C)CC. The molecule has 0 fully saturated rings. The Bertz CT molecular complexity index is 787. The highest BCUT2D eigenvalue weighted by molar-refractivity contribution is 7.10. The largest absolute Gasteiger partial charge is 0.331 e. The Kier molecular flexibility index (Phi) is 6.32. The quantitative estimate of drug-likeness (QED) is 0.747. The van der Waals surface area contributed by atoms with Gasteiger partial charge in [0.1, 0.15) is 6.54 Å².